The van der Waals surface area contributed by atoms with E-state index in [4.69, 9.17) is 5.11 Å². The van der Waals surface area contributed by atoms with Crippen molar-refractivity contribution >= 4 is 11.9 Å². The molecule has 0 aromatic carbocycles. The quantitative estimate of drug-likeness (QED) is 0.151. The van der Waals surface area contributed by atoms with Crippen LogP contribution in [0.3, 0.4) is 0 Å². The van der Waals surface area contributed by atoms with E-state index in [0.29, 0.717) is 6.42 Å². The first-order chi connectivity index (χ1) is 9.88. The Kier molecular flexibility index (Phi) is 14.8. The van der Waals surface area contributed by atoms with Crippen LogP contribution in [0.15, 0.2) is 17.1 Å². The predicted octanol–water partition coefficient (Wildman–Crippen LogP) is -2.00. The summed E-state index contributed by atoms with van der Waals surface area (Å²) < 4.78 is 0. The Labute approximate surface area is 145 Å². The molecule has 6 nitrogen and oxygen atoms in total. The molecule has 122 valence electrons. The van der Waals surface area contributed by atoms with Gasteiger partial charge in [0.25, 0.3) is 0 Å². The fourth-order valence-electron chi connectivity index (χ4n) is 1.79. The van der Waals surface area contributed by atoms with Gasteiger partial charge in [0, 0.05) is 6.54 Å². The number of aliphatic hydroxyl groups excluding tert-OH is 1. The third kappa shape index (κ3) is 11.8. The SMILES string of the molecule is C/C=C/CCCCC([O-])=NCN(CC(C)O)C(C)C(=O)O.[Li+]. The van der Waals surface area contributed by atoms with Crippen molar-refractivity contribution in [3.63, 3.8) is 0 Å². The Hall–Kier alpha value is -0.803. The summed E-state index contributed by atoms with van der Waals surface area (Å²) in [6, 6.07) is -0.786. The molecule has 0 heterocycles. The van der Waals surface area contributed by atoms with Gasteiger partial charge in [-0.2, -0.15) is 0 Å². The summed E-state index contributed by atoms with van der Waals surface area (Å²) >= 11 is 0. The van der Waals surface area contributed by atoms with Gasteiger partial charge >= 0.3 is 24.8 Å². The topological polar surface area (TPSA) is 96.2 Å². The summed E-state index contributed by atoms with van der Waals surface area (Å²) in [6.45, 7) is 5.23. The van der Waals surface area contributed by atoms with Gasteiger partial charge in [0.1, 0.15) is 6.04 Å². The largest absolute Gasteiger partial charge is 1.00 e. The molecule has 0 saturated carbocycles. The van der Waals surface area contributed by atoms with E-state index in [2.05, 4.69) is 11.1 Å². The van der Waals surface area contributed by atoms with Gasteiger partial charge in [-0.25, -0.2) is 0 Å². The minimum Gasteiger partial charge on any atom is -0.862 e. The van der Waals surface area contributed by atoms with Crippen molar-refractivity contribution in [2.45, 2.75) is 58.6 Å². The Bertz CT molecular complexity index is 359. The predicted molar refractivity (Wildman–Crippen MR) is 81.1 cm³/mol. The van der Waals surface area contributed by atoms with E-state index < -0.39 is 18.1 Å². The number of aliphatic hydroxyl groups is 1. The number of carboxylic acid groups (broad SMARTS) is 1. The van der Waals surface area contributed by atoms with Crippen molar-refractivity contribution in [2.24, 2.45) is 4.99 Å². The Morgan fingerprint density at radius 3 is 2.50 bits per heavy atom. The average molecular weight is 306 g/mol. The van der Waals surface area contributed by atoms with Gasteiger partial charge in [-0.3, -0.25) is 14.7 Å². The van der Waals surface area contributed by atoms with Crippen LogP contribution in [0.4, 0.5) is 0 Å². The first kappa shape index (κ1) is 23.5. The van der Waals surface area contributed by atoms with E-state index in [1.165, 1.54) is 11.8 Å². The maximum Gasteiger partial charge on any atom is 1.00 e. The zero-order valence-electron chi connectivity index (χ0n) is 14.2. The van der Waals surface area contributed by atoms with Gasteiger partial charge in [-0.05, 0) is 52.4 Å². The molecule has 0 amide bonds. The van der Waals surface area contributed by atoms with Crippen molar-refractivity contribution in [1.82, 2.24) is 4.90 Å². The molecule has 0 aliphatic rings. The second kappa shape index (κ2) is 13.8. The zero-order valence-corrected chi connectivity index (χ0v) is 14.2. The van der Waals surface area contributed by atoms with Crippen LogP contribution in [0.25, 0.3) is 0 Å². The molecule has 2 unspecified atom stereocenters. The molecule has 0 aromatic rings. The summed E-state index contributed by atoms with van der Waals surface area (Å²) in [4.78, 5) is 16.4. The van der Waals surface area contributed by atoms with Crippen LogP contribution < -0.4 is 24.0 Å². The van der Waals surface area contributed by atoms with Gasteiger partial charge in [-0.15, -0.1) is 0 Å². The Balaban J connectivity index is 0. The van der Waals surface area contributed by atoms with E-state index >= 15 is 0 Å². The molecule has 22 heavy (non-hydrogen) atoms. The number of aliphatic carboxylic acids is 1. The van der Waals surface area contributed by atoms with Gasteiger partial charge in [-0.1, -0.05) is 12.2 Å². The number of hydrogen-bond donors (Lipinski definition) is 2. The summed E-state index contributed by atoms with van der Waals surface area (Å²) in [5.41, 5.74) is 0. The summed E-state index contributed by atoms with van der Waals surface area (Å²) in [5, 5.41) is 30.0. The van der Waals surface area contributed by atoms with E-state index in [9.17, 15) is 15.0 Å². The maximum absolute atomic E-state index is 11.6. The Morgan fingerprint density at radius 2 is 2.00 bits per heavy atom. The van der Waals surface area contributed by atoms with E-state index in [-0.39, 0.29) is 38.0 Å². The van der Waals surface area contributed by atoms with Crippen molar-refractivity contribution < 1.29 is 39.0 Å². The van der Waals surface area contributed by atoms with Crippen LogP contribution in [0.1, 0.15) is 46.5 Å². The second-order valence-electron chi connectivity index (χ2n) is 5.14. The van der Waals surface area contributed by atoms with Crippen LogP contribution in [0.2, 0.25) is 0 Å². The standard InChI is InChI=1S/C15H28N2O4.Li/c1-4-5-6-7-8-9-14(19)16-11-17(10-12(2)18)13(3)15(20)21;/h4-5,12-13,18H,6-11H2,1-3H3,(H,16,19)(H,20,21);/q;+1/p-1/b5-4+;. The molecule has 0 rings (SSSR count). The zero-order chi connectivity index (χ0) is 16.3. The van der Waals surface area contributed by atoms with Gasteiger partial charge in [0.15, 0.2) is 0 Å². The molecule has 7 heteroatoms. The number of carboxylic acids is 1. The van der Waals surface area contributed by atoms with Crippen LogP contribution in [0, 0.1) is 0 Å². The van der Waals surface area contributed by atoms with Crippen LogP contribution >= 0.6 is 0 Å². The third-order valence-electron chi connectivity index (χ3n) is 3.08. The third-order valence-corrected chi connectivity index (χ3v) is 3.08. The minimum absolute atomic E-state index is 0. The Morgan fingerprint density at radius 1 is 1.36 bits per heavy atom. The monoisotopic (exact) mass is 306 g/mol. The van der Waals surface area contributed by atoms with E-state index in [1.54, 1.807) is 6.92 Å². The number of carbonyl (C=O) groups is 1. The number of allylic oxidation sites excluding steroid dienone is 2. The molecular formula is C15H27LiN2O4. The first-order valence-corrected chi connectivity index (χ1v) is 7.34. The van der Waals surface area contributed by atoms with Crippen molar-refractivity contribution in [1.29, 1.82) is 0 Å². The van der Waals surface area contributed by atoms with Crippen LogP contribution in [-0.4, -0.2) is 52.3 Å². The molecule has 0 radical (unpaired) electrons. The number of aliphatic imine (C=N–C) groups is 1. The van der Waals surface area contributed by atoms with Crippen LogP contribution in [0.5, 0.6) is 0 Å². The minimum atomic E-state index is -0.996. The van der Waals surface area contributed by atoms with Crippen molar-refractivity contribution in [3.05, 3.63) is 12.2 Å². The molecular weight excluding hydrogens is 279 g/mol. The molecule has 0 aromatic heterocycles. The molecule has 0 spiro atoms. The normalized spacial score (nSPS) is 14.9. The summed E-state index contributed by atoms with van der Waals surface area (Å²) in [7, 11) is 0. The number of nitrogens with zero attached hydrogens (tertiary/aromatic N) is 2. The van der Waals surface area contributed by atoms with Gasteiger partial charge in [0.05, 0.1) is 12.8 Å². The van der Waals surface area contributed by atoms with Gasteiger partial charge in [0.2, 0.25) is 0 Å². The van der Waals surface area contributed by atoms with E-state index in [0.717, 1.165) is 19.3 Å². The summed E-state index contributed by atoms with van der Waals surface area (Å²) in [6.07, 6.45) is 6.41. The average Bonchev–Trinajstić information content (AvgIpc) is 2.41. The number of unbranched alkanes of at least 4 members (excludes halogenated alkanes) is 2. The number of rotatable bonds is 11. The molecule has 0 aliphatic carbocycles. The molecule has 0 bridgehead atoms. The molecule has 2 atom stereocenters. The second-order valence-corrected chi connectivity index (χ2v) is 5.14. The molecule has 0 saturated heterocycles. The smallest absolute Gasteiger partial charge is 0.862 e. The van der Waals surface area contributed by atoms with Crippen molar-refractivity contribution in [3.8, 4) is 0 Å². The maximum atomic E-state index is 11.6. The van der Waals surface area contributed by atoms with E-state index in [1.807, 2.05) is 13.0 Å². The first-order valence-electron chi connectivity index (χ1n) is 7.34. The number of hydrogen-bond acceptors (Lipinski definition) is 5. The molecule has 0 aliphatic heterocycles. The van der Waals surface area contributed by atoms with Gasteiger partial charge < -0.3 is 15.3 Å². The van der Waals surface area contributed by atoms with Crippen molar-refractivity contribution in [2.75, 3.05) is 13.2 Å². The fourth-order valence-corrected chi connectivity index (χ4v) is 1.79. The fraction of sp³-hybridized carbons (Fsp3) is 0.733. The molecule has 0 fully saturated rings. The summed E-state index contributed by atoms with van der Waals surface area (Å²) in [5.74, 6) is -1.21. The molecule has 2 N–H and O–H groups in total. The van der Waals surface area contributed by atoms with Crippen LogP contribution in [-0.2, 0) is 4.79 Å².